The molecule has 0 aromatic heterocycles. The minimum absolute atomic E-state index is 0.0254. The summed E-state index contributed by atoms with van der Waals surface area (Å²) >= 11 is 0. The minimum Gasteiger partial charge on any atom is -0.462 e. The van der Waals surface area contributed by atoms with Crippen molar-refractivity contribution in [3.8, 4) is 0 Å². The monoisotopic (exact) mass is 804 g/mol. The molecule has 0 bridgehead atoms. The van der Waals surface area contributed by atoms with Crippen LogP contribution in [0.3, 0.4) is 0 Å². The van der Waals surface area contributed by atoms with Crippen LogP contribution in [0.2, 0.25) is 0 Å². The predicted molar refractivity (Wildman–Crippen MR) is 230 cm³/mol. The van der Waals surface area contributed by atoms with E-state index in [1.807, 2.05) is 61.6 Å². The van der Waals surface area contributed by atoms with E-state index in [0.29, 0.717) is 25.7 Å². The Hall–Kier alpha value is -3.11. The Morgan fingerprint density at radius 3 is 1.79 bits per heavy atom. The molecule has 0 fully saturated rings. The highest BCUT2D eigenvalue weighted by Crippen LogP contribution is 2.43. The number of hydrogen-bond acceptors (Lipinski definition) is 9. The van der Waals surface area contributed by atoms with Crippen LogP contribution in [-0.4, -0.2) is 60.5 Å². The Morgan fingerprint density at radius 1 is 0.643 bits per heavy atom. The first-order chi connectivity index (χ1) is 27.2. The van der Waals surface area contributed by atoms with Crippen LogP contribution in [0, 0.1) is 0 Å². The van der Waals surface area contributed by atoms with Gasteiger partial charge in [-0.3, -0.25) is 18.6 Å². The SMILES string of the molecule is CC/C=C\C(O)C/C=C/C=C\C/C=C\C/C=C\CCCC(=O)O[C@H](COC(=O)CCC/C=C\C/C=C\C/C=C\CCCCCCCC)COP(=O)(O)OCCN. The summed E-state index contributed by atoms with van der Waals surface area (Å²) < 4.78 is 32.6. The molecule has 11 heteroatoms. The second-order valence-electron chi connectivity index (χ2n) is 13.3. The fourth-order valence-corrected chi connectivity index (χ4v) is 5.70. The van der Waals surface area contributed by atoms with Crippen molar-refractivity contribution in [2.45, 2.75) is 148 Å². The van der Waals surface area contributed by atoms with Gasteiger partial charge in [-0.25, -0.2) is 4.57 Å². The molecule has 0 aliphatic carbocycles. The summed E-state index contributed by atoms with van der Waals surface area (Å²) in [4.78, 5) is 34.8. The van der Waals surface area contributed by atoms with E-state index in [4.69, 9.17) is 24.3 Å². The first-order valence-corrected chi connectivity index (χ1v) is 22.3. The van der Waals surface area contributed by atoms with E-state index in [1.54, 1.807) is 0 Å². The Bertz CT molecular complexity index is 1250. The molecule has 2 unspecified atom stereocenters. The summed E-state index contributed by atoms with van der Waals surface area (Å²) in [7, 11) is -4.42. The second kappa shape index (κ2) is 40.1. The number of allylic oxidation sites excluding steroid dienone is 14. The van der Waals surface area contributed by atoms with Crippen LogP contribution in [0.4, 0.5) is 0 Å². The van der Waals surface area contributed by atoms with Crippen LogP contribution in [0.15, 0.2) is 97.2 Å². The molecular formula is C45H74NO9P. The molecule has 0 heterocycles. The average molecular weight is 804 g/mol. The van der Waals surface area contributed by atoms with Crippen LogP contribution < -0.4 is 5.73 Å². The maximum Gasteiger partial charge on any atom is 0.472 e. The molecule has 3 atom stereocenters. The average Bonchev–Trinajstić information content (AvgIpc) is 3.18. The topological polar surface area (TPSA) is 155 Å². The van der Waals surface area contributed by atoms with Crippen molar-refractivity contribution >= 4 is 19.8 Å². The molecule has 318 valence electrons. The number of phosphoric acid groups is 1. The van der Waals surface area contributed by atoms with Gasteiger partial charge in [-0.2, -0.15) is 0 Å². The van der Waals surface area contributed by atoms with Crippen molar-refractivity contribution < 1.29 is 42.7 Å². The molecule has 10 nitrogen and oxygen atoms in total. The Morgan fingerprint density at radius 2 is 1.18 bits per heavy atom. The molecule has 0 amide bonds. The van der Waals surface area contributed by atoms with Gasteiger partial charge in [0.1, 0.15) is 6.61 Å². The smallest absolute Gasteiger partial charge is 0.462 e. The number of aliphatic hydroxyl groups excluding tert-OH is 1. The van der Waals surface area contributed by atoms with E-state index >= 15 is 0 Å². The van der Waals surface area contributed by atoms with E-state index in [1.165, 1.54) is 38.5 Å². The number of carbonyl (C=O) groups is 2. The highest BCUT2D eigenvalue weighted by Gasteiger charge is 2.25. The van der Waals surface area contributed by atoms with Gasteiger partial charge in [0.05, 0.1) is 19.3 Å². The fraction of sp³-hybridized carbons (Fsp3) is 0.600. The van der Waals surface area contributed by atoms with Gasteiger partial charge in [-0.1, -0.05) is 143 Å². The lowest BCUT2D eigenvalue weighted by Crippen LogP contribution is -2.29. The minimum atomic E-state index is -4.42. The molecule has 0 aliphatic heterocycles. The third kappa shape index (κ3) is 39.1. The van der Waals surface area contributed by atoms with Crippen LogP contribution in [0.1, 0.15) is 136 Å². The third-order valence-corrected chi connectivity index (χ3v) is 9.01. The molecule has 0 spiro atoms. The summed E-state index contributed by atoms with van der Waals surface area (Å²) in [6, 6.07) is 0. The van der Waals surface area contributed by atoms with Crippen LogP contribution in [0.25, 0.3) is 0 Å². The number of ether oxygens (including phenoxy) is 2. The zero-order valence-electron chi connectivity index (χ0n) is 34.4. The highest BCUT2D eigenvalue weighted by atomic mass is 31.2. The summed E-state index contributed by atoms with van der Waals surface area (Å²) in [5, 5.41) is 9.76. The van der Waals surface area contributed by atoms with Gasteiger partial charge >= 0.3 is 19.8 Å². The van der Waals surface area contributed by atoms with Crippen LogP contribution in [0.5, 0.6) is 0 Å². The Balaban J connectivity index is 4.42. The number of phosphoric ester groups is 1. The Labute approximate surface area is 339 Å². The molecule has 0 aliphatic rings. The first kappa shape index (κ1) is 52.9. The number of rotatable bonds is 37. The van der Waals surface area contributed by atoms with Crippen LogP contribution in [-0.2, 0) is 32.7 Å². The second-order valence-corrected chi connectivity index (χ2v) is 14.8. The van der Waals surface area contributed by atoms with Crippen molar-refractivity contribution in [1.82, 2.24) is 0 Å². The summed E-state index contributed by atoms with van der Waals surface area (Å²) in [5.41, 5.74) is 5.33. The van der Waals surface area contributed by atoms with Crippen molar-refractivity contribution in [3.05, 3.63) is 97.2 Å². The van der Waals surface area contributed by atoms with Crippen molar-refractivity contribution in [2.75, 3.05) is 26.4 Å². The Kier molecular flexibility index (Phi) is 37.9. The highest BCUT2D eigenvalue weighted by molar-refractivity contribution is 7.47. The van der Waals surface area contributed by atoms with E-state index in [0.717, 1.165) is 44.9 Å². The van der Waals surface area contributed by atoms with E-state index in [9.17, 15) is 24.2 Å². The van der Waals surface area contributed by atoms with Gasteiger partial charge < -0.3 is 25.2 Å². The van der Waals surface area contributed by atoms with Gasteiger partial charge in [0, 0.05) is 19.4 Å². The van der Waals surface area contributed by atoms with Crippen molar-refractivity contribution in [1.29, 1.82) is 0 Å². The van der Waals surface area contributed by atoms with Crippen LogP contribution >= 0.6 is 7.82 Å². The molecule has 56 heavy (non-hydrogen) atoms. The van der Waals surface area contributed by atoms with Gasteiger partial charge in [0.2, 0.25) is 0 Å². The standard InChI is InChI=1S/C45H74NO9P/c1-3-5-7-8-9-10-11-12-13-14-15-16-20-23-26-29-32-36-44(48)52-40-43(41-54-56(50,51)53-39-38-46)55-45(49)37-33-30-27-24-21-18-17-19-22-25-28-31-35-42(47)34-6-4-2/h6,12-13,15-18,22-28,31,34,42-43,47H,3-5,7-11,14,19-21,29-30,32-33,35-41,46H2,1-2H3,(H,50,51)/b13-12-,16-15-,18-17-,25-22-,26-23-,27-24-,31-28+,34-6-/t42?,43-/m1/s1. The normalized spacial score (nSPS) is 14.9. The fourth-order valence-electron chi connectivity index (χ4n) is 4.94. The summed E-state index contributed by atoms with van der Waals surface area (Å²) in [5.74, 6) is -0.993. The molecule has 0 aromatic carbocycles. The first-order valence-electron chi connectivity index (χ1n) is 20.8. The molecule has 0 saturated heterocycles. The van der Waals surface area contributed by atoms with Crippen molar-refractivity contribution in [3.63, 3.8) is 0 Å². The molecule has 4 N–H and O–H groups in total. The molecule has 0 saturated carbocycles. The van der Waals surface area contributed by atoms with Gasteiger partial charge in [0.25, 0.3) is 0 Å². The number of unbranched alkanes of at least 4 members (excludes halogenated alkanes) is 8. The lowest BCUT2D eigenvalue weighted by atomic mass is 10.1. The maximum atomic E-state index is 12.5. The van der Waals surface area contributed by atoms with Gasteiger partial charge in [0.15, 0.2) is 6.10 Å². The number of nitrogens with two attached hydrogens (primary N) is 1. The number of esters is 2. The van der Waals surface area contributed by atoms with Gasteiger partial charge in [-0.05, 0) is 77.0 Å². The zero-order chi connectivity index (χ0) is 41.2. The molecule has 0 rings (SSSR count). The quantitative estimate of drug-likeness (QED) is 0.0182. The zero-order valence-corrected chi connectivity index (χ0v) is 35.3. The number of aliphatic hydroxyl groups is 1. The third-order valence-electron chi connectivity index (χ3n) is 8.03. The number of carbonyl (C=O) groups excluding carboxylic acids is 2. The molecule has 0 radical (unpaired) electrons. The maximum absolute atomic E-state index is 12.5. The molecular weight excluding hydrogens is 729 g/mol. The summed E-state index contributed by atoms with van der Waals surface area (Å²) in [6.45, 7) is 3.32. The lowest BCUT2D eigenvalue weighted by Gasteiger charge is -2.19. The molecule has 0 aromatic rings. The van der Waals surface area contributed by atoms with E-state index in [-0.39, 0.29) is 32.6 Å². The van der Waals surface area contributed by atoms with E-state index < -0.39 is 38.6 Å². The summed E-state index contributed by atoms with van der Waals surface area (Å²) in [6.07, 6.45) is 48.0. The van der Waals surface area contributed by atoms with Gasteiger partial charge in [-0.15, -0.1) is 0 Å². The van der Waals surface area contributed by atoms with Crippen molar-refractivity contribution in [2.24, 2.45) is 5.73 Å². The largest absolute Gasteiger partial charge is 0.472 e. The van der Waals surface area contributed by atoms with E-state index in [2.05, 4.69) is 49.5 Å². The lowest BCUT2D eigenvalue weighted by molar-refractivity contribution is -0.161. The predicted octanol–water partition coefficient (Wildman–Crippen LogP) is 10.8. The number of hydrogen-bond donors (Lipinski definition) is 3.